The molecule has 0 N–H and O–H groups in total. The van der Waals surface area contributed by atoms with Gasteiger partial charge in [-0.05, 0) is 73.2 Å². The van der Waals surface area contributed by atoms with Gasteiger partial charge in [0.1, 0.15) is 17.7 Å². The Kier molecular flexibility index (Phi) is 4.42. The van der Waals surface area contributed by atoms with Crippen molar-refractivity contribution in [2.45, 2.75) is 34.1 Å². The van der Waals surface area contributed by atoms with Crippen molar-refractivity contribution in [1.29, 1.82) is 5.26 Å². The van der Waals surface area contributed by atoms with Gasteiger partial charge >= 0.3 is 0 Å². The Morgan fingerprint density at radius 1 is 1.09 bits per heavy atom. The fourth-order valence-electron chi connectivity index (χ4n) is 2.93. The predicted molar refractivity (Wildman–Crippen MR) is 85.1 cm³/mol. The summed E-state index contributed by atoms with van der Waals surface area (Å²) in [5.41, 5.74) is 5.41. The molecule has 0 aromatic heterocycles. The third kappa shape index (κ3) is 3.07. The van der Waals surface area contributed by atoms with Gasteiger partial charge in [-0.1, -0.05) is 12.1 Å². The van der Waals surface area contributed by atoms with E-state index >= 15 is 0 Å². The first-order valence-corrected chi connectivity index (χ1v) is 7.13. The van der Waals surface area contributed by atoms with Crippen molar-refractivity contribution in [3.63, 3.8) is 0 Å². The van der Waals surface area contributed by atoms with Crippen LogP contribution in [0, 0.1) is 37.9 Å². The summed E-state index contributed by atoms with van der Waals surface area (Å²) < 4.78 is 14.0. The van der Waals surface area contributed by atoms with Crippen LogP contribution in [0.3, 0.4) is 0 Å². The molecule has 0 spiro atoms. The molecular formula is C19H18FNO. The zero-order valence-corrected chi connectivity index (χ0v) is 13.2. The summed E-state index contributed by atoms with van der Waals surface area (Å²) in [4.78, 5) is 11.3. The average molecular weight is 295 g/mol. The van der Waals surface area contributed by atoms with E-state index in [1.54, 1.807) is 13.8 Å². The summed E-state index contributed by atoms with van der Waals surface area (Å²) in [6, 6.07) is 9.07. The van der Waals surface area contributed by atoms with Gasteiger partial charge in [0.05, 0.1) is 5.56 Å². The first-order valence-electron chi connectivity index (χ1n) is 7.13. The molecule has 2 aromatic rings. The molecular weight excluding hydrogens is 277 g/mol. The molecule has 0 heterocycles. The highest BCUT2D eigenvalue weighted by molar-refractivity contribution is 5.79. The Hall–Kier alpha value is -2.47. The van der Waals surface area contributed by atoms with E-state index in [1.807, 2.05) is 38.1 Å². The van der Waals surface area contributed by atoms with Gasteiger partial charge in [0.2, 0.25) is 0 Å². The lowest BCUT2D eigenvalue weighted by molar-refractivity contribution is -0.116. The second-order valence-electron chi connectivity index (χ2n) is 5.75. The van der Waals surface area contributed by atoms with Gasteiger partial charge in [-0.3, -0.25) is 4.79 Å². The molecule has 2 nitrogen and oxygen atoms in total. The van der Waals surface area contributed by atoms with E-state index in [0.717, 1.165) is 27.8 Å². The quantitative estimate of drug-likeness (QED) is 0.841. The number of nitrogens with zero attached hydrogens (tertiary/aromatic N) is 1. The maximum atomic E-state index is 14.0. The van der Waals surface area contributed by atoms with Crippen LogP contribution in [0.15, 0.2) is 24.3 Å². The number of carbonyl (C=O) groups excluding carboxylic acids is 1. The Morgan fingerprint density at radius 3 is 2.14 bits per heavy atom. The number of benzene rings is 2. The minimum Gasteiger partial charge on any atom is -0.300 e. The first kappa shape index (κ1) is 15.9. The molecule has 2 rings (SSSR count). The Morgan fingerprint density at radius 2 is 1.68 bits per heavy atom. The van der Waals surface area contributed by atoms with Gasteiger partial charge in [-0.2, -0.15) is 5.26 Å². The Balaban J connectivity index is 2.59. The van der Waals surface area contributed by atoms with E-state index in [1.165, 1.54) is 6.07 Å². The second kappa shape index (κ2) is 6.11. The Labute approximate surface area is 130 Å². The summed E-state index contributed by atoms with van der Waals surface area (Å²) in [6.07, 6.45) is 0.405. The van der Waals surface area contributed by atoms with E-state index in [4.69, 9.17) is 5.26 Å². The number of hydrogen-bond donors (Lipinski definition) is 0. The number of aryl methyl sites for hydroxylation is 3. The van der Waals surface area contributed by atoms with E-state index in [-0.39, 0.29) is 11.3 Å². The van der Waals surface area contributed by atoms with Crippen molar-refractivity contribution in [1.82, 2.24) is 0 Å². The molecule has 0 aliphatic carbocycles. The van der Waals surface area contributed by atoms with Crippen molar-refractivity contribution >= 4 is 5.78 Å². The largest absolute Gasteiger partial charge is 0.300 e. The van der Waals surface area contributed by atoms with Crippen LogP contribution in [0.4, 0.5) is 4.39 Å². The predicted octanol–water partition coefficient (Wildman–Crippen LogP) is 4.42. The third-order valence-corrected chi connectivity index (χ3v) is 3.73. The maximum absolute atomic E-state index is 14.0. The lowest BCUT2D eigenvalue weighted by Gasteiger charge is -2.14. The summed E-state index contributed by atoms with van der Waals surface area (Å²) >= 11 is 0. The molecule has 112 valence electrons. The summed E-state index contributed by atoms with van der Waals surface area (Å²) in [5.74, 6) is -0.379. The number of rotatable bonds is 3. The first-order chi connectivity index (χ1) is 10.3. The van der Waals surface area contributed by atoms with Crippen molar-refractivity contribution in [3.05, 3.63) is 57.9 Å². The number of Topliss-reactive ketones (excluding diaryl/α,β-unsaturated/α-hetero) is 1. The van der Waals surface area contributed by atoms with Gasteiger partial charge in [0.15, 0.2) is 0 Å². The molecule has 0 aliphatic heterocycles. The van der Waals surface area contributed by atoms with E-state index in [9.17, 15) is 9.18 Å². The average Bonchev–Trinajstić information content (AvgIpc) is 2.36. The smallest absolute Gasteiger partial charge is 0.141 e. The lowest BCUT2D eigenvalue weighted by atomic mass is 9.90. The number of hydrogen-bond acceptors (Lipinski definition) is 2. The highest BCUT2D eigenvalue weighted by atomic mass is 19.1. The van der Waals surface area contributed by atoms with Crippen LogP contribution in [0.1, 0.15) is 34.7 Å². The van der Waals surface area contributed by atoms with Crippen molar-refractivity contribution in [3.8, 4) is 17.2 Å². The standard InChI is InChI=1S/C19H18FNO/c1-11-7-16(9-18(20)17(11)10-21)19-12(2)5-15(6-13(19)3)8-14(4)22/h5-7,9H,8H2,1-4H3. The highest BCUT2D eigenvalue weighted by Gasteiger charge is 2.13. The lowest BCUT2D eigenvalue weighted by Crippen LogP contribution is -2.00. The fraction of sp³-hybridized carbons (Fsp3) is 0.263. The van der Waals surface area contributed by atoms with Crippen molar-refractivity contribution in [2.75, 3.05) is 0 Å². The van der Waals surface area contributed by atoms with Crippen LogP contribution >= 0.6 is 0 Å². The molecule has 0 unspecified atom stereocenters. The SMILES string of the molecule is CC(=O)Cc1cc(C)c(-c2cc(C)c(C#N)c(F)c2)c(C)c1. The summed E-state index contributed by atoms with van der Waals surface area (Å²) in [7, 11) is 0. The zero-order valence-electron chi connectivity index (χ0n) is 13.2. The minimum absolute atomic E-state index is 0.0901. The molecule has 22 heavy (non-hydrogen) atoms. The van der Waals surface area contributed by atoms with E-state index < -0.39 is 5.82 Å². The molecule has 0 aliphatic rings. The third-order valence-electron chi connectivity index (χ3n) is 3.73. The molecule has 0 saturated heterocycles. The monoisotopic (exact) mass is 295 g/mol. The second-order valence-corrected chi connectivity index (χ2v) is 5.75. The van der Waals surface area contributed by atoms with E-state index in [0.29, 0.717) is 12.0 Å². The van der Waals surface area contributed by atoms with Crippen LogP contribution in [-0.2, 0) is 11.2 Å². The molecule has 0 amide bonds. The molecule has 3 heteroatoms. The van der Waals surface area contributed by atoms with Gasteiger partial charge in [-0.25, -0.2) is 4.39 Å². The van der Waals surface area contributed by atoms with Gasteiger partial charge in [-0.15, -0.1) is 0 Å². The maximum Gasteiger partial charge on any atom is 0.141 e. The van der Waals surface area contributed by atoms with Gasteiger partial charge < -0.3 is 0 Å². The molecule has 0 bridgehead atoms. The fourth-order valence-corrected chi connectivity index (χ4v) is 2.93. The Bertz CT molecular complexity index is 754. The van der Waals surface area contributed by atoms with Crippen molar-refractivity contribution in [2.24, 2.45) is 0 Å². The number of halogens is 1. The summed E-state index contributed by atoms with van der Waals surface area (Å²) in [6.45, 7) is 7.21. The number of nitriles is 1. The summed E-state index contributed by atoms with van der Waals surface area (Å²) in [5, 5.41) is 8.97. The van der Waals surface area contributed by atoms with Crippen LogP contribution in [0.2, 0.25) is 0 Å². The number of carbonyl (C=O) groups is 1. The molecule has 0 atom stereocenters. The minimum atomic E-state index is -0.496. The van der Waals surface area contributed by atoms with Gasteiger partial charge in [0, 0.05) is 6.42 Å². The zero-order chi connectivity index (χ0) is 16.4. The van der Waals surface area contributed by atoms with Crippen LogP contribution in [-0.4, -0.2) is 5.78 Å². The molecule has 0 saturated carbocycles. The van der Waals surface area contributed by atoms with Gasteiger partial charge in [0.25, 0.3) is 0 Å². The number of ketones is 1. The van der Waals surface area contributed by atoms with Crippen molar-refractivity contribution < 1.29 is 9.18 Å². The molecule has 2 aromatic carbocycles. The van der Waals surface area contributed by atoms with Crippen LogP contribution < -0.4 is 0 Å². The van der Waals surface area contributed by atoms with Crippen LogP contribution in [0.25, 0.3) is 11.1 Å². The van der Waals surface area contributed by atoms with E-state index in [2.05, 4.69) is 0 Å². The highest BCUT2D eigenvalue weighted by Crippen LogP contribution is 2.31. The van der Waals surface area contributed by atoms with Crippen LogP contribution in [0.5, 0.6) is 0 Å². The molecule has 0 radical (unpaired) electrons. The normalized spacial score (nSPS) is 10.4. The topological polar surface area (TPSA) is 40.9 Å². The molecule has 0 fully saturated rings.